The standard InChI is InChI=1S/C3H3N2/c1-2-5-3-4-1/h1-3H. The molecule has 0 aromatic rings. The maximum atomic E-state index is 3.61. The lowest BCUT2D eigenvalue weighted by atomic mass is 11.0. The lowest BCUT2D eigenvalue weighted by molar-refractivity contribution is 1.34. The van der Waals surface area contributed by atoms with Gasteiger partial charge in [0.2, 0.25) is 0 Å². The highest BCUT2D eigenvalue weighted by atomic mass is 15.0. The lowest BCUT2D eigenvalue weighted by Gasteiger charge is -1.60. The van der Waals surface area contributed by atoms with Gasteiger partial charge < -0.3 is 0 Å². The summed E-state index contributed by atoms with van der Waals surface area (Å²) in [7, 11) is 0. The summed E-state index contributed by atoms with van der Waals surface area (Å²) in [6.07, 6.45) is 4.78. The molecular weight excluding hydrogens is 64.0 g/mol. The molecule has 0 saturated carbocycles. The maximum Gasteiger partial charge on any atom is 0.115 e. The Kier molecular flexibility index (Phi) is 0.433. The zero-order valence-electron chi connectivity index (χ0n) is 2.63. The zero-order chi connectivity index (χ0) is 3.54. The molecule has 0 fully saturated rings. The fraction of sp³-hybridized carbons (Fsp3) is 0. The second-order valence-electron chi connectivity index (χ2n) is 0.712. The minimum absolute atomic E-state index is 1.50. The summed E-state index contributed by atoms with van der Waals surface area (Å²) in [4.78, 5) is 3.61. The molecule has 1 radical (unpaired) electrons. The van der Waals surface area contributed by atoms with E-state index in [1.54, 1.807) is 12.4 Å². The maximum absolute atomic E-state index is 3.61. The highest BCUT2D eigenvalue weighted by Gasteiger charge is 1.72. The lowest BCUT2D eigenvalue weighted by Crippen LogP contribution is -1.79. The van der Waals surface area contributed by atoms with Crippen LogP contribution in [0.25, 0.3) is 0 Å². The first-order valence-electron chi connectivity index (χ1n) is 1.37. The molecule has 0 N–H and O–H groups in total. The molecule has 0 spiro atoms. The molecule has 0 aliphatic carbocycles. The summed E-state index contributed by atoms with van der Waals surface area (Å²) in [5, 5.41) is 3.61. The predicted octanol–water partition coefficient (Wildman–Crippen LogP) is 0.104. The molecule has 0 atom stereocenters. The Labute approximate surface area is 30.2 Å². The minimum Gasteiger partial charge on any atom is -0.243 e. The summed E-state index contributed by atoms with van der Waals surface area (Å²) in [6, 6.07) is 0. The molecule has 2 nitrogen and oxygen atoms in total. The third-order valence-electron chi connectivity index (χ3n) is 0.372. The summed E-state index contributed by atoms with van der Waals surface area (Å²) < 4.78 is 0. The van der Waals surface area contributed by atoms with Gasteiger partial charge in [0, 0.05) is 12.4 Å². The third-order valence-corrected chi connectivity index (χ3v) is 0.372. The highest BCUT2D eigenvalue weighted by molar-refractivity contribution is 5.58. The summed E-state index contributed by atoms with van der Waals surface area (Å²) in [5.74, 6) is 0. The molecule has 1 heterocycles. The number of rotatable bonds is 0. The van der Waals surface area contributed by atoms with Crippen LogP contribution in [0, 0.1) is 0 Å². The van der Waals surface area contributed by atoms with Crippen LogP contribution in [0.5, 0.6) is 0 Å². The van der Waals surface area contributed by atoms with Crippen LogP contribution in [0.3, 0.4) is 0 Å². The molecule has 0 saturated heterocycles. The Morgan fingerprint density at radius 2 is 2.20 bits per heavy atom. The third kappa shape index (κ3) is 0.265. The average Bonchev–Trinajstić information content (AvgIpc) is 1.76. The summed E-state index contributed by atoms with van der Waals surface area (Å²) in [5.41, 5.74) is 0. The van der Waals surface area contributed by atoms with Crippen LogP contribution in [0.15, 0.2) is 17.4 Å². The molecule has 25 valence electrons. The second kappa shape index (κ2) is 0.885. The van der Waals surface area contributed by atoms with Crippen LogP contribution >= 0.6 is 0 Å². The van der Waals surface area contributed by atoms with Gasteiger partial charge in [0.1, 0.15) is 6.34 Å². The van der Waals surface area contributed by atoms with Gasteiger partial charge >= 0.3 is 0 Å². The van der Waals surface area contributed by atoms with Crippen molar-refractivity contribution < 1.29 is 0 Å². The topological polar surface area (TPSA) is 26.5 Å². The van der Waals surface area contributed by atoms with Gasteiger partial charge in [-0.15, -0.1) is 0 Å². The van der Waals surface area contributed by atoms with Gasteiger partial charge in [0.05, 0.1) is 0 Å². The molecule has 1 aliphatic rings. The molecule has 1 rings (SSSR count). The molecule has 0 amide bonds. The van der Waals surface area contributed by atoms with Gasteiger partial charge in [-0.05, 0) is 0 Å². The van der Waals surface area contributed by atoms with Crippen molar-refractivity contribution >= 4 is 6.34 Å². The van der Waals surface area contributed by atoms with E-state index in [-0.39, 0.29) is 0 Å². The minimum atomic E-state index is 1.50. The van der Waals surface area contributed by atoms with Crippen LogP contribution < -0.4 is 5.32 Å². The van der Waals surface area contributed by atoms with E-state index in [0.29, 0.717) is 0 Å². The first-order chi connectivity index (χ1) is 2.50. The van der Waals surface area contributed by atoms with E-state index in [1.165, 1.54) is 6.34 Å². The van der Waals surface area contributed by atoms with Gasteiger partial charge in [-0.2, -0.15) is 0 Å². The van der Waals surface area contributed by atoms with E-state index in [4.69, 9.17) is 0 Å². The predicted molar refractivity (Wildman–Crippen MR) is 19.8 cm³/mol. The Bertz CT molecular complexity index is 63.0. The first-order valence-corrected chi connectivity index (χ1v) is 1.37. The Hall–Kier alpha value is -0.790. The summed E-state index contributed by atoms with van der Waals surface area (Å²) >= 11 is 0. The van der Waals surface area contributed by atoms with E-state index in [1.807, 2.05) is 0 Å². The van der Waals surface area contributed by atoms with Crippen LogP contribution in [-0.4, -0.2) is 6.34 Å². The SMILES string of the molecule is C1=CN=C[N]1. The van der Waals surface area contributed by atoms with Crippen molar-refractivity contribution in [1.82, 2.24) is 5.32 Å². The Morgan fingerprint density at radius 1 is 1.20 bits per heavy atom. The van der Waals surface area contributed by atoms with Crippen molar-refractivity contribution in [1.29, 1.82) is 0 Å². The van der Waals surface area contributed by atoms with E-state index in [9.17, 15) is 0 Å². The van der Waals surface area contributed by atoms with Gasteiger partial charge in [0.15, 0.2) is 0 Å². The van der Waals surface area contributed by atoms with Gasteiger partial charge in [0.25, 0.3) is 0 Å². The molecule has 2 heteroatoms. The summed E-state index contributed by atoms with van der Waals surface area (Å²) in [6.45, 7) is 0. The molecule has 5 heavy (non-hydrogen) atoms. The molecule has 0 unspecified atom stereocenters. The number of nitrogens with zero attached hydrogens (tertiary/aromatic N) is 2. The van der Waals surface area contributed by atoms with E-state index in [2.05, 4.69) is 10.3 Å². The van der Waals surface area contributed by atoms with Crippen molar-refractivity contribution in [2.24, 2.45) is 4.99 Å². The molecule has 1 aliphatic heterocycles. The number of aliphatic imine (C=N–C) groups is 1. The van der Waals surface area contributed by atoms with Crippen LogP contribution in [0.1, 0.15) is 0 Å². The van der Waals surface area contributed by atoms with Crippen molar-refractivity contribution in [2.45, 2.75) is 0 Å². The van der Waals surface area contributed by atoms with Crippen LogP contribution in [0.2, 0.25) is 0 Å². The Balaban J connectivity index is 2.61. The zero-order valence-corrected chi connectivity index (χ0v) is 2.63. The normalized spacial score (nSPS) is 16.0. The quantitative estimate of drug-likeness (QED) is 0.384. The molecule has 0 aromatic heterocycles. The van der Waals surface area contributed by atoms with Crippen LogP contribution in [-0.2, 0) is 0 Å². The fourth-order valence-electron chi connectivity index (χ4n) is 0.192. The highest BCUT2D eigenvalue weighted by Crippen LogP contribution is 1.74. The van der Waals surface area contributed by atoms with Crippen molar-refractivity contribution in [2.75, 3.05) is 0 Å². The molecule has 0 aromatic carbocycles. The van der Waals surface area contributed by atoms with Gasteiger partial charge in [-0.25, -0.2) is 10.3 Å². The Morgan fingerprint density at radius 3 is 2.40 bits per heavy atom. The smallest absolute Gasteiger partial charge is 0.115 e. The number of hydrogen-bond acceptors (Lipinski definition) is 1. The van der Waals surface area contributed by atoms with Gasteiger partial charge in [-0.1, -0.05) is 0 Å². The van der Waals surface area contributed by atoms with E-state index in [0.717, 1.165) is 0 Å². The monoisotopic (exact) mass is 67.0 g/mol. The molecular formula is C3H3N2. The largest absolute Gasteiger partial charge is 0.243 e. The van der Waals surface area contributed by atoms with Crippen LogP contribution in [0.4, 0.5) is 0 Å². The fourth-order valence-corrected chi connectivity index (χ4v) is 0.192. The van der Waals surface area contributed by atoms with E-state index >= 15 is 0 Å². The van der Waals surface area contributed by atoms with E-state index < -0.39 is 0 Å². The molecule has 0 bridgehead atoms. The van der Waals surface area contributed by atoms with Crippen molar-refractivity contribution in [3.63, 3.8) is 0 Å². The van der Waals surface area contributed by atoms with Crippen molar-refractivity contribution in [3.05, 3.63) is 12.4 Å². The van der Waals surface area contributed by atoms with Crippen molar-refractivity contribution in [3.8, 4) is 0 Å². The van der Waals surface area contributed by atoms with Gasteiger partial charge in [-0.3, -0.25) is 0 Å². The second-order valence-corrected chi connectivity index (χ2v) is 0.712. The average molecular weight is 67.1 g/mol. The number of hydrogen-bond donors (Lipinski definition) is 0. The first kappa shape index (κ1) is 2.45.